The molecule has 0 amide bonds. The quantitative estimate of drug-likeness (QED) is 0.909. The van der Waals surface area contributed by atoms with Crippen LogP contribution < -0.4 is 5.32 Å². The maximum atomic E-state index is 9.08. The summed E-state index contributed by atoms with van der Waals surface area (Å²) in [6.07, 6.45) is 0.846. The van der Waals surface area contributed by atoms with Crippen molar-refractivity contribution in [2.75, 3.05) is 32.2 Å². The standard InChI is InChI=1S/C13H15ClN2O2/c1-17-13(5-6-18-9-13)8-16-12-4-2-3-11(14)10(12)7-15/h2-4,16H,5-6,8-9H2,1H3. The molecule has 1 atom stereocenters. The van der Waals surface area contributed by atoms with Gasteiger partial charge in [-0.3, -0.25) is 0 Å². The monoisotopic (exact) mass is 266 g/mol. The second-order valence-electron chi connectivity index (χ2n) is 4.32. The number of anilines is 1. The van der Waals surface area contributed by atoms with Crippen LogP contribution in [0.15, 0.2) is 18.2 Å². The van der Waals surface area contributed by atoms with Crippen LogP contribution in [0.2, 0.25) is 5.02 Å². The molecule has 0 aliphatic carbocycles. The Morgan fingerprint density at radius 2 is 2.44 bits per heavy atom. The summed E-state index contributed by atoms with van der Waals surface area (Å²) in [5, 5.41) is 12.8. The van der Waals surface area contributed by atoms with Gasteiger partial charge in [-0.15, -0.1) is 0 Å². The van der Waals surface area contributed by atoms with Gasteiger partial charge in [-0.2, -0.15) is 5.26 Å². The number of benzene rings is 1. The average Bonchev–Trinajstić information content (AvgIpc) is 2.86. The molecule has 1 N–H and O–H groups in total. The molecule has 1 fully saturated rings. The number of nitrogens with one attached hydrogen (secondary N) is 1. The fourth-order valence-corrected chi connectivity index (χ4v) is 2.22. The van der Waals surface area contributed by atoms with Gasteiger partial charge in [0.15, 0.2) is 0 Å². The molecule has 0 radical (unpaired) electrons. The second-order valence-corrected chi connectivity index (χ2v) is 4.72. The van der Waals surface area contributed by atoms with Crippen LogP contribution >= 0.6 is 11.6 Å². The van der Waals surface area contributed by atoms with Crippen LogP contribution in [0.5, 0.6) is 0 Å². The molecule has 0 aromatic heterocycles. The molecule has 1 saturated heterocycles. The van der Waals surface area contributed by atoms with Gasteiger partial charge in [0.05, 0.1) is 22.9 Å². The zero-order valence-electron chi connectivity index (χ0n) is 10.2. The topological polar surface area (TPSA) is 54.3 Å². The maximum absolute atomic E-state index is 9.08. The predicted molar refractivity (Wildman–Crippen MR) is 69.8 cm³/mol. The summed E-state index contributed by atoms with van der Waals surface area (Å²) in [6, 6.07) is 7.46. The lowest BCUT2D eigenvalue weighted by molar-refractivity contribution is -0.00620. The summed E-state index contributed by atoms with van der Waals surface area (Å²) in [5.41, 5.74) is 0.882. The minimum Gasteiger partial charge on any atom is -0.381 e. The summed E-state index contributed by atoms with van der Waals surface area (Å²) in [5.74, 6) is 0. The first-order chi connectivity index (χ1) is 8.71. The molecule has 1 heterocycles. The number of ether oxygens (including phenoxy) is 2. The predicted octanol–water partition coefficient (Wildman–Crippen LogP) is 2.43. The molecule has 1 aromatic carbocycles. The van der Waals surface area contributed by atoms with Crippen molar-refractivity contribution < 1.29 is 9.47 Å². The van der Waals surface area contributed by atoms with E-state index in [1.807, 2.05) is 12.1 Å². The Hall–Kier alpha value is -1.28. The Bertz CT molecular complexity index is 465. The van der Waals surface area contributed by atoms with E-state index in [1.54, 1.807) is 13.2 Å². The third kappa shape index (κ3) is 2.59. The lowest BCUT2D eigenvalue weighted by atomic mass is 10.0. The summed E-state index contributed by atoms with van der Waals surface area (Å²) < 4.78 is 10.9. The Kier molecular flexibility index (Phi) is 4.07. The van der Waals surface area contributed by atoms with E-state index in [-0.39, 0.29) is 5.60 Å². The number of hydrogen-bond donors (Lipinski definition) is 1. The molecule has 1 aromatic rings. The molecule has 0 saturated carbocycles. The van der Waals surface area contributed by atoms with E-state index in [9.17, 15) is 0 Å². The number of methoxy groups -OCH3 is 1. The number of halogens is 1. The number of nitrogens with zero attached hydrogens (tertiary/aromatic N) is 1. The van der Waals surface area contributed by atoms with Crippen LogP contribution in [-0.2, 0) is 9.47 Å². The molecule has 0 bridgehead atoms. The number of hydrogen-bond acceptors (Lipinski definition) is 4. The molecule has 1 aliphatic heterocycles. The first-order valence-electron chi connectivity index (χ1n) is 5.76. The van der Waals surface area contributed by atoms with Crippen molar-refractivity contribution in [1.82, 2.24) is 0 Å². The van der Waals surface area contributed by atoms with Gasteiger partial charge in [-0.1, -0.05) is 17.7 Å². The third-order valence-electron chi connectivity index (χ3n) is 3.23. The molecule has 1 unspecified atom stereocenters. The smallest absolute Gasteiger partial charge is 0.110 e. The van der Waals surface area contributed by atoms with E-state index in [2.05, 4.69) is 11.4 Å². The van der Waals surface area contributed by atoms with Crippen LogP contribution in [0, 0.1) is 11.3 Å². The summed E-state index contributed by atoms with van der Waals surface area (Å²) in [7, 11) is 1.68. The Morgan fingerprint density at radius 3 is 3.06 bits per heavy atom. The first kappa shape index (κ1) is 13.2. The average molecular weight is 267 g/mol. The van der Waals surface area contributed by atoms with Gasteiger partial charge in [0, 0.05) is 26.7 Å². The van der Waals surface area contributed by atoms with Gasteiger partial charge in [-0.25, -0.2) is 0 Å². The van der Waals surface area contributed by atoms with Gasteiger partial charge in [0.25, 0.3) is 0 Å². The van der Waals surface area contributed by atoms with Crippen molar-refractivity contribution in [2.24, 2.45) is 0 Å². The molecule has 96 valence electrons. The summed E-state index contributed by atoms with van der Waals surface area (Å²) in [6.45, 7) is 1.87. The summed E-state index contributed by atoms with van der Waals surface area (Å²) >= 11 is 5.98. The molecular weight excluding hydrogens is 252 g/mol. The molecule has 5 heteroatoms. The largest absolute Gasteiger partial charge is 0.381 e. The highest BCUT2D eigenvalue weighted by atomic mass is 35.5. The molecule has 18 heavy (non-hydrogen) atoms. The van der Waals surface area contributed by atoms with Crippen molar-refractivity contribution in [3.05, 3.63) is 28.8 Å². The highest BCUT2D eigenvalue weighted by molar-refractivity contribution is 6.32. The van der Waals surface area contributed by atoms with Crippen LogP contribution in [0.1, 0.15) is 12.0 Å². The lowest BCUT2D eigenvalue weighted by Crippen LogP contribution is -2.39. The zero-order chi connectivity index (χ0) is 13.0. The zero-order valence-corrected chi connectivity index (χ0v) is 11.0. The molecular formula is C13H15ClN2O2. The fourth-order valence-electron chi connectivity index (χ4n) is 2.00. The van der Waals surface area contributed by atoms with E-state index in [0.29, 0.717) is 30.3 Å². The van der Waals surface area contributed by atoms with Crippen molar-refractivity contribution in [2.45, 2.75) is 12.0 Å². The van der Waals surface area contributed by atoms with Crippen LogP contribution in [-0.4, -0.2) is 32.5 Å². The number of rotatable bonds is 4. The lowest BCUT2D eigenvalue weighted by Gasteiger charge is -2.26. The third-order valence-corrected chi connectivity index (χ3v) is 3.54. The van der Waals surface area contributed by atoms with E-state index >= 15 is 0 Å². The Balaban J connectivity index is 2.11. The Labute approximate surface area is 111 Å². The SMILES string of the molecule is COC1(CNc2cccc(Cl)c2C#N)CCOC1. The van der Waals surface area contributed by atoms with Crippen molar-refractivity contribution in [1.29, 1.82) is 5.26 Å². The van der Waals surface area contributed by atoms with Crippen LogP contribution in [0.25, 0.3) is 0 Å². The Morgan fingerprint density at radius 1 is 1.61 bits per heavy atom. The van der Waals surface area contributed by atoms with Crippen molar-refractivity contribution >= 4 is 17.3 Å². The van der Waals surface area contributed by atoms with Gasteiger partial charge in [0.1, 0.15) is 11.7 Å². The van der Waals surface area contributed by atoms with Gasteiger partial charge >= 0.3 is 0 Å². The van der Waals surface area contributed by atoms with Gasteiger partial charge in [-0.05, 0) is 12.1 Å². The fraction of sp³-hybridized carbons (Fsp3) is 0.462. The highest BCUT2D eigenvalue weighted by Gasteiger charge is 2.34. The van der Waals surface area contributed by atoms with E-state index < -0.39 is 0 Å². The minimum absolute atomic E-state index is 0.310. The molecule has 2 rings (SSSR count). The molecule has 1 aliphatic rings. The summed E-state index contributed by atoms with van der Waals surface area (Å²) in [4.78, 5) is 0. The highest BCUT2D eigenvalue weighted by Crippen LogP contribution is 2.26. The molecule has 4 nitrogen and oxygen atoms in total. The van der Waals surface area contributed by atoms with Crippen molar-refractivity contribution in [3.8, 4) is 6.07 Å². The van der Waals surface area contributed by atoms with Crippen LogP contribution in [0.4, 0.5) is 5.69 Å². The van der Waals surface area contributed by atoms with Crippen LogP contribution in [0.3, 0.4) is 0 Å². The van der Waals surface area contributed by atoms with E-state index in [1.165, 1.54) is 0 Å². The second kappa shape index (κ2) is 5.57. The first-order valence-corrected chi connectivity index (χ1v) is 6.14. The van der Waals surface area contributed by atoms with E-state index in [4.69, 9.17) is 26.3 Å². The van der Waals surface area contributed by atoms with Crippen molar-refractivity contribution in [3.63, 3.8) is 0 Å². The normalized spacial score (nSPS) is 22.7. The van der Waals surface area contributed by atoms with Gasteiger partial charge < -0.3 is 14.8 Å². The minimum atomic E-state index is -0.310. The number of nitriles is 1. The molecule has 0 spiro atoms. The van der Waals surface area contributed by atoms with Gasteiger partial charge in [0.2, 0.25) is 0 Å². The van der Waals surface area contributed by atoms with E-state index in [0.717, 1.165) is 12.1 Å². The maximum Gasteiger partial charge on any atom is 0.110 e.